The minimum atomic E-state index is -0.870. The normalized spacial score (nSPS) is 14.6. The smallest absolute Gasteiger partial charge is 0.304 e. The summed E-state index contributed by atoms with van der Waals surface area (Å²) < 4.78 is 5.92. The highest BCUT2D eigenvalue weighted by Gasteiger charge is 2.24. The third-order valence-corrected chi connectivity index (χ3v) is 6.59. The molecular formula is C27H32N4O3. The standard InChI is InChI=1S/C27H32N4O3/c1-17-8-9-19(22(13-25(32)33)27-18(2)26(28)23(29-3)14-30-27)12-21(17)16-31-10-11-34-24-7-5-4-6-20(24)15-31/h4-9,12,14,22,29H,10-11,13,15-16H2,1-3H3,(H2,28,30)(H,32,33). The van der Waals surface area contributed by atoms with Crippen LogP contribution in [0.15, 0.2) is 48.7 Å². The number of hydrogen-bond donors (Lipinski definition) is 3. The van der Waals surface area contributed by atoms with Crippen molar-refractivity contribution in [2.45, 2.75) is 39.3 Å². The van der Waals surface area contributed by atoms with E-state index in [1.807, 2.05) is 31.2 Å². The maximum absolute atomic E-state index is 11.8. The van der Waals surface area contributed by atoms with Gasteiger partial charge in [0.1, 0.15) is 12.4 Å². The van der Waals surface area contributed by atoms with Gasteiger partial charge in [0.05, 0.1) is 29.7 Å². The Morgan fingerprint density at radius 3 is 2.82 bits per heavy atom. The zero-order valence-corrected chi connectivity index (χ0v) is 20.0. The number of benzene rings is 2. The summed E-state index contributed by atoms with van der Waals surface area (Å²) in [5.41, 5.74) is 13.6. The van der Waals surface area contributed by atoms with Crippen LogP contribution in [0.1, 0.15) is 45.8 Å². The van der Waals surface area contributed by atoms with Gasteiger partial charge in [-0.3, -0.25) is 14.7 Å². The molecule has 0 radical (unpaired) electrons. The van der Waals surface area contributed by atoms with E-state index in [1.54, 1.807) is 13.2 Å². The van der Waals surface area contributed by atoms with Gasteiger partial charge < -0.3 is 20.9 Å². The van der Waals surface area contributed by atoms with E-state index in [0.29, 0.717) is 18.0 Å². The lowest BCUT2D eigenvalue weighted by molar-refractivity contribution is -0.137. The number of aliphatic carboxylic acids is 1. The molecule has 0 amide bonds. The molecule has 34 heavy (non-hydrogen) atoms. The molecule has 1 aromatic heterocycles. The molecule has 0 saturated heterocycles. The van der Waals surface area contributed by atoms with E-state index >= 15 is 0 Å². The number of aromatic nitrogens is 1. The fourth-order valence-electron chi connectivity index (χ4n) is 4.57. The van der Waals surface area contributed by atoms with Gasteiger partial charge in [-0.05, 0) is 42.2 Å². The summed E-state index contributed by atoms with van der Waals surface area (Å²) in [4.78, 5) is 18.8. The summed E-state index contributed by atoms with van der Waals surface area (Å²) >= 11 is 0. The first-order valence-corrected chi connectivity index (χ1v) is 11.5. The summed E-state index contributed by atoms with van der Waals surface area (Å²) in [6.45, 7) is 7.01. The molecule has 7 heteroatoms. The molecule has 4 N–H and O–H groups in total. The second-order valence-electron chi connectivity index (χ2n) is 8.85. The van der Waals surface area contributed by atoms with Gasteiger partial charge >= 0.3 is 5.97 Å². The molecule has 0 fully saturated rings. The van der Waals surface area contributed by atoms with Crippen LogP contribution in [0.25, 0.3) is 0 Å². The number of anilines is 2. The predicted molar refractivity (Wildman–Crippen MR) is 134 cm³/mol. The average molecular weight is 461 g/mol. The van der Waals surface area contributed by atoms with Crippen LogP contribution in [-0.2, 0) is 17.9 Å². The van der Waals surface area contributed by atoms with Crippen LogP contribution in [0.5, 0.6) is 5.75 Å². The minimum Gasteiger partial charge on any atom is -0.492 e. The Balaban J connectivity index is 1.66. The molecule has 0 saturated carbocycles. The number of hydrogen-bond acceptors (Lipinski definition) is 6. The van der Waals surface area contributed by atoms with Gasteiger partial charge in [-0.2, -0.15) is 0 Å². The van der Waals surface area contributed by atoms with Crippen LogP contribution in [0.3, 0.4) is 0 Å². The lowest BCUT2D eigenvalue weighted by Gasteiger charge is -2.23. The molecule has 1 atom stereocenters. The van der Waals surface area contributed by atoms with Gasteiger partial charge in [0.2, 0.25) is 0 Å². The van der Waals surface area contributed by atoms with E-state index < -0.39 is 11.9 Å². The number of fused-ring (bicyclic) bond motifs is 1. The average Bonchev–Trinajstić information content (AvgIpc) is 3.02. The Kier molecular flexibility index (Phi) is 7.03. The summed E-state index contributed by atoms with van der Waals surface area (Å²) in [6, 6.07) is 14.4. The first-order chi connectivity index (χ1) is 16.4. The summed E-state index contributed by atoms with van der Waals surface area (Å²) in [5, 5.41) is 12.7. The number of aryl methyl sites for hydroxylation is 1. The van der Waals surface area contributed by atoms with E-state index in [2.05, 4.69) is 40.3 Å². The van der Waals surface area contributed by atoms with Gasteiger partial charge in [-0.25, -0.2) is 0 Å². The van der Waals surface area contributed by atoms with Gasteiger partial charge in [-0.15, -0.1) is 0 Å². The van der Waals surface area contributed by atoms with Crippen molar-refractivity contribution in [3.8, 4) is 5.75 Å². The molecule has 3 aromatic rings. The molecule has 2 heterocycles. The maximum atomic E-state index is 11.8. The molecule has 0 aliphatic carbocycles. The molecule has 4 rings (SSSR count). The summed E-state index contributed by atoms with van der Waals surface area (Å²) in [5.74, 6) is -0.315. The van der Waals surface area contributed by atoms with E-state index in [1.165, 1.54) is 16.7 Å². The Labute approximate surface area is 200 Å². The van der Waals surface area contributed by atoms with Crippen LogP contribution < -0.4 is 15.8 Å². The minimum absolute atomic E-state index is 0.0559. The Bertz CT molecular complexity index is 1190. The van der Waals surface area contributed by atoms with Crippen molar-refractivity contribution in [3.05, 3.63) is 82.2 Å². The van der Waals surface area contributed by atoms with Gasteiger partial charge in [0, 0.05) is 38.2 Å². The van der Waals surface area contributed by atoms with Crippen molar-refractivity contribution in [1.82, 2.24) is 9.88 Å². The lowest BCUT2D eigenvalue weighted by Crippen LogP contribution is -2.25. The van der Waals surface area contributed by atoms with Crippen molar-refractivity contribution >= 4 is 17.3 Å². The van der Waals surface area contributed by atoms with Gasteiger partial charge in [0.15, 0.2) is 0 Å². The fraction of sp³-hybridized carbons (Fsp3) is 0.333. The highest BCUT2D eigenvalue weighted by atomic mass is 16.5. The first kappa shape index (κ1) is 23.6. The highest BCUT2D eigenvalue weighted by molar-refractivity contribution is 5.72. The molecule has 2 aromatic carbocycles. The number of rotatable bonds is 7. The number of para-hydroxylation sites is 1. The van der Waals surface area contributed by atoms with Crippen LogP contribution in [-0.4, -0.2) is 41.2 Å². The Morgan fingerprint density at radius 2 is 2.06 bits per heavy atom. The third kappa shape index (κ3) is 4.99. The molecule has 0 bridgehead atoms. The van der Waals surface area contributed by atoms with E-state index in [0.717, 1.165) is 42.2 Å². The number of nitrogens with zero attached hydrogens (tertiary/aromatic N) is 2. The first-order valence-electron chi connectivity index (χ1n) is 11.5. The number of nitrogens with two attached hydrogens (primary N) is 1. The molecule has 0 spiro atoms. The topological polar surface area (TPSA) is 101 Å². The number of pyridine rings is 1. The second kappa shape index (κ2) is 10.1. The third-order valence-electron chi connectivity index (χ3n) is 6.59. The zero-order chi connectivity index (χ0) is 24.2. The van der Waals surface area contributed by atoms with Crippen molar-refractivity contribution in [2.75, 3.05) is 31.2 Å². The van der Waals surface area contributed by atoms with Crippen LogP contribution >= 0.6 is 0 Å². The van der Waals surface area contributed by atoms with Gasteiger partial charge in [-0.1, -0.05) is 36.4 Å². The number of carboxylic acid groups (broad SMARTS) is 1. The van der Waals surface area contributed by atoms with Gasteiger partial charge in [0.25, 0.3) is 0 Å². The molecule has 1 aliphatic rings. The van der Waals surface area contributed by atoms with Crippen LogP contribution in [0, 0.1) is 13.8 Å². The largest absolute Gasteiger partial charge is 0.492 e. The SMILES string of the molecule is CNc1cnc(C(CC(=O)O)c2ccc(C)c(CN3CCOc4ccccc4C3)c2)c(C)c1N. The predicted octanol–water partition coefficient (Wildman–Crippen LogP) is 4.32. The quantitative estimate of drug-likeness (QED) is 0.483. The van der Waals surface area contributed by atoms with Crippen LogP contribution in [0.4, 0.5) is 11.4 Å². The lowest BCUT2D eigenvalue weighted by atomic mass is 9.87. The van der Waals surface area contributed by atoms with Crippen molar-refractivity contribution in [1.29, 1.82) is 0 Å². The number of carboxylic acids is 1. The molecule has 1 aliphatic heterocycles. The monoisotopic (exact) mass is 460 g/mol. The molecule has 1 unspecified atom stereocenters. The van der Waals surface area contributed by atoms with Crippen LogP contribution in [0.2, 0.25) is 0 Å². The zero-order valence-electron chi connectivity index (χ0n) is 20.0. The van der Waals surface area contributed by atoms with E-state index in [-0.39, 0.29) is 6.42 Å². The van der Waals surface area contributed by atoms with E-state index in [9.17, 15) is 9.90 Å². The summed E-state index contributed by atoms with van der Waals surface area (Å²) in [7, 11) is 1.79. The van der Waals surface area contributed by atoms with Crippen molar-refractivity contribution < 1.29 is 14.6 Å². The van der Waals surface area contributed by atoms with E-state index in [4.69, 9.17) is 10.5 Å². The maximum Gasteiger partial charge on any atom is 0.304 e. The number of nitrogen functional groups attached to an aromatic ring is 1. The number of nitrogens with one attached hydrogen (secondary N) is 1. The second-order valence-corrected chi connectivity index (χ2v) is 8.85. The number of ether oxygens (including phenoxy) is 1. The number of carbonyl (C=O) groups is 1. The summed E-state index contributed by atoms with van der Waals surface area (Å²) in [6.07, 6.45) is 1.62. The highest BCUT2D eigenvalue weighted by Crippen LogP contribution is 2.35. The molecule has 178 valence electrons. The molecular weight excluding hydrogens is 428 g/mol. The van der Waals surface area contributed by atoms with Crippen molar-refractivity contribution in [2.24, 2.45) is 0 Å². The van der Waals surface area contributed by atoms with Crippen molar-refractivity contribution in [3.63, 3.8) is 0 Å². The Hall–Kier alpha value is -3.58. The fourth-order valence-corrected chi connectivity index (χ4v) is 4.57. The Morgan fingerprint density at radius 1 is 1.26 bits per heavy atom. The molecule has 7 nitrogen and oxygen atoms in total.